The molecular weight excluding hydrogens is 498 g/mol. The number of hydrogen-bond acceptors (Lipinski definition) is 4. The summed E-state index contributed by atoms with van der Waals surface area (Å²) in [5.74, 6) is -1.00. The quantitative estimate of drug-likeness (QED) is 0.0613. The van der Waals surface area contributed by atoms with E-state index in [-0.39, 0.29) is 12.3 Å². The lowest BCUT2D eigenvalue weighted by Gasteiger charge is -2.21. The lowest BCUT2D eigenvalue weighted by Crippen LogP contribution is -2.46. The van der Waals surface area contributed by atoms with E-state index in [9.17, 15) is 22.9 Å². The number of aliphatic hydroxyl groups is 1. The molecule has 1 amide bonds. The maximum atomic E-state index is 12.3. The summed E-state index contributed by atoms with van der Waals surface area (Å²) in [5, 5.41) is 13.0. The molecule has 0 fully saturated rings. The van der Waals surface area contributed by atoms with Crippen molar-refractivity contribution >= 4 is 16.0 Å². The summed E-state index contributed by atoms with van der Waals surface area (Å²) >= 11 is 0. The molecule has 0 aliphatic carbocycles. The SMILES string of the molecule is CC/C=C\C/C=C\C/C=C\CCCCCCCCCC(=O)NC(CS(=O)(=O)O)C(O)/C=C/CCCCCC. The Bertz CT molecular complexity index is 786. The fraction of sp³-hybridized carbons (Fsp3) is 0.710. The molecule has 0 aliphatic rings. The van der Waals surface area contributed by atoms with Crippen molar-refractivity contribution in [2.45, 2.75) is 135 Å². The van der Waals surface area contributed by atoms with Gasteiger partial charge in [0.1, 0.15) is 0 Å². The normalized spacial score (nSPS) is 14.3. The Balaban J connectivity index is 3.99. The molecule has 2 atom stereocenters. The third-order valence-corrected chi connectivity index (χ3v) is 7.04. The first-order chi connectivity index (χ1) is 18.3. The average Bonchev–Trinajstić information content (AvgIpc) is 2.86. The summed E-state index contributed by atoms with van der Waals surface area (Å²) in [6.45, 7) is 4.28. The summed E-state index contributed by atoms with van der Waals surface area (Å²) < 4.78 is 32.0. The van der Waals surface area contributed by atoms with Crippen molar-refractivity contribution in [2.24, 2.45) is 0 Å². The monoisotopic (exact) mass is 553 g/mol. The van der Waals surface area contributed by atoms with Crippen LogP contribution in [0.3, 0.4) is 0 Å². The zero-order chi connectivity index (χ0) is 28.3. The van der Waals surface area contributed by atoms with Crippen LogP contribution in [0.2, 0.25) is 0 Å². The summed E-state index contributed by atoms with van der Waals surface area (Å²) in [5.41, 5.74) is 0. The molecule has 7 heteroatoms. The number of amides is 1. The van der Waals surface area contributed by atoms with Gasteiger partial charge in [0.15, 0.2) is 0 Å². The zero-order valence-electron chi connectivity index (χ0n) is 24.0. The molecule has 0 heterocycles. The van der Waals surface area contributed by atoms with Gasteiger partial charge in [0.05, 0.1) is 17.9 Å². The second-order valence-corrected chi connectivity index (χ2v) is 11.5. The first kappa shape index (κ1) is 36.3. The Morgan fingerprint density at radius 2 is 1.26 bits per heavy atom. The van der Waals surface area contributed by atoms with Gasteiger partial charge in [-0.05, 0) is 51.4 Å². The van der Waals surface area contributed by atoms with E-state index in [1.54, 1.807) is 0 Å². The van der Waals surface area contributed by atoms with E-state index < -0.39 is 28.0 Å². The number of carbonyl (C=O) groups excluding carboxylic acids is 1. The van der Waals surface area contributed by atoms with Gasteiger partial charge in [0.2, 0.25) is 5.91 Å². The van der Waals surface area contributed by atoms with E-state index >= 15 is 0 Å². The standard InChI is InChI=1S/C31H55NO5S/c1-3-5-7-9-11-12-13-14-15-16-17-18-19-20-21-23-25-27-31(34)32-29(28-38(35,36)37)30(33)26-24-22-10-8-6-4-2/h5,7,11-12,14-15,24,26,29-30,33H,3-4,6,8-10,13,16-23,25,27-28H2,1-2H3,(H,32,34)(H,35,36,37)/b7-5-,12-11-,15-14-,26-24+. The van der Waals surface area contributed by atoms with Gasteiger partial charge >= 0.3 is 0 Å². The second kappa shape index (κ2) is 25.6. The minimum Gasteiger partial charge on any atom is -0.387 e. The van der Waals surface area contributed by atoms with Crippen molar-refractivity contribution in [2.75, 3.05) is 5.75 Å². The molecule has 2 unspecified atom stereocenters. The molecule has 220 valence electrons. The summed E-state index contributed by atoms with van der Waals surface area (Å²) in [4.78, 5) is 12.3. The van der Waals surface area contributed by atoms with Gasteiger partial charge in [0.25, 0.3) is 10.1 Å². The Morgan fingerprint density at radius 1 is 0.737 bits per heavy atom. The second-order valence-electron chi connectivity index (χ2n) is 10.00. The first-order valence-corrected chi connectivity index (χ1v) is 16.4. The molecule has 38 heavy (non-hydrogen) atoms. The van der Waals surface area contributed by atoms with Gasteiger partial charge in [-0.25, -0.2) is 0 Å². The first-order valence-electron chi connectivity index (χ1n) is 14.8. The molecule has 0 aliphatic heterocycles. The molecule has 0 saturated heterocycles. The Kier molecular flexibility index (Phi) is 24.4. The lowest BCUT2D eigenvalue weighted by atomic mass is 10.1. The molecule has 0 rings (SSSR count). The van der Waals surface area contributed by atoms with Crippen molar-refractivity contribution in [1.82, 2.24) is 5.32 Å². The number of carbonyl (C=O) groups is 1. The van der Waals surface area contributed by atoms with Crippen molar-refractivity contribution in [3.63, 3.8) is 0 Å². The topological polar surface area (TPSA) is 104 Å². The highest BCUT2D eigenvalue weighted by Crippen LogP contribution is 2.11. The van der Waals surface area contributed by atoms with Crippen molar-refractivity contribution in [3.05, 3.63) is 48.6 Å². The Hall–Kier alpha value is -1.70. The molecule has 0 spiro atoms. The van der Waals surface area contributed by atoms with Crippen LogP contribution >= 0.6 is 0 Å². The summed E-state index contributed by atoms with van der Waals surface area (Å²) in [6.07, 6.45) is 32.6. The maximum Gasteiger partial charge on any atom is 0.267 e. The van der Waals surface area contributed by atoms with Crippen LogP contribution in [-0.4, -0.2) is 41.9 Å². The van der Waals surface area contributed by atoms with Crippen molar-refractivity contribution < 1.29 is 22.9 Å². The van der Waals surface area contributed by atoms with Gasteiger partial charge in [0, 0.05) is 6.42 Å². The smallest absolute Gasteiger partial charge is 0.267 e. The minimum atomic E-state index is -4.33. The van der Waals surface area contributed by atoms with Crippen LogP contribution in [0.1, 0.15) is 123 Å². The Morgan fingerprint density at radius 3 is 1.87 bits per heavy atom. The van der Waals surface area contributed by atoms with Crippen LogP contribution in [0.4, 0.5) is 0 Å². The molecule has 6 nitrogen and oxygen atoms in total. The number of allylic oxidation sites excluding steroid dienone is 7. The lowest BCUT2D eigenvalue weighted by molar-refractivity contribution is -0.122. The summed E-state index contributed by atoms with van der Waals surface area (Å²) in [7, 11) is -4.33. The van der Waals surface area contributed by atoms with Crippen LogP contribution in [-0.2, 0) is 14.9 Å². The van der Waals surface area contributed by atoms with Gasteiger partial charge < -0.3 is 10.4 Å². The third kappa shape index (κ3) is 25.9. The highest BCUT2D eigenvalue weighted by atomic mass is 32.2. The van der Waals surface area contributed by atoms with Crippen molar-refractivity contribution in [3.8, 4) is 0 Å². The molecule has 0 aromatic heterocycles. The van der Waals surface area contributed by atoms with E-state index in [4.69, 9.17) is 0 Å². The van der Waals surface area contributed by atoms with Crippen LogP contribution in [0.5, 0.6) is 0 Å². The number of nitrogens with one attached hydrogen (secondary N) is 1. The Labute approximate surface area is 233 Å². The van der Waals surface area contributed by atoms with E-state index in [0.29, 0.717) is 0 Å². The highest BCUT2D eigenvalue weighted by molar-refractivity contribution is 7.85. The number of unbranched alkanes of at least 4 members (excludes halogenated alkanes) is 11. The van der Waals surface area contributed by atoms with E-state index in [0.717, 1.165) is 83.5 Å². The molecule has 0 aromatic rings. The van der Waals surface area contributed by atoms with Crippen LogP contribution in [0.25, 0.3) is 0 Å². The number of hydrogen-bond donors (Lipinski definition) is 3. The van der Waals surface area contributed by atoms with Crippen molar-refractivity contribution in [1.29, 1.82) is 0 Å². The average molecular weight is 554 g/mol. The number of rotatable bonds is 25. The van der Waals surface area contributed by atoms with Crippen LogP contribution in [0, 0.1) is 0 Å². The molecular formula is C31H55NO5S. The fourth-order valence-electron chi connectivity index (χ4n) is 4.05. The third-order valence-electron chi connectivity index (χ3n) is 6.26. The van der Waals surface area contributed by atoms with E-state index in [1.165, 1.54) is 25.3 Å². The predicted molar refractivity (Wildman–Crippen MR) is 161 cm³/mol. The fourth-order valence-corrected chi connectivity index (χ4v) is 4.78. The van der Waals surface area contributed by atoms with Gasteiger partial charge in [-0.1, -0.05) is 114 Å². The maximum absolute atomic E-state index is 12.3. The predicted octanol–water partition coefficient (Wildman–Crippen LogP) is 7.62. The van der Waals surface area contributed by atoms with Gasteiger partial charge in [-0.3, -0.25) is 9.35 Å². The van der Waals surface area contributed by atoms with E-state index in [2.05, 4.69) is 55.6 Å². The molecule has 3 N–H and O–H groups in total. The van der Waals surface area contributed by atoms with E-state index in [1.807, 2.05) is 6.08 Å². The minimum absolute atomic E-state index is 0.281. The molecule has 0 aromatic carbocycles. The number of aliphatic hydroxyl groups excluding tert-OH is 1. The van der Waals surface area contributed by atoms with Crippen LogP contribution in [0.15, 0.2) is 48.6 Å². The molecule has 0 saturated carbocycles. The molecule has 0 bridgehead atoms. The van der Waals surface area contributed by atoms with Gasteiger partial charge in [-0.15, -0.1) is 0 Å². The largest absolute Gasteiger partial charge is 0.387 e. The summed E-state index contributed by atoms with van der Waals surface area (Å²) in [6, 6.07) is -1.06. The zero-order valence-corrected chi connectivity index (χ0v) is 24.8. The van der Waals surface area contributed by atoms with Gasteiger partial charge in [-0.2, -0.15) is 8.42 Å². The van der Waals surface area contributed by atoms with Crippen LogP contribution < -0.4 is 5.32 Å². The highest BCUT2D eigenvalue weighted by Gasteiger charge is 2.24. The molecule has 0 radical (unpaired) electrons.